The molecule has 2 N–H and O–H groups in total. The Bertz CT molecular complexity index is 2710. The van der Waals surface area contributed by atoms with Crippen molar-refractivity contribution in [1.82, 2.24) is 24.4 Å². The molecule has 2 fully saturated rings. The SMILES string of the molecule is COc1ccc(C(Nc2ncnc3c2ncn3[C@@H]2O[C@H](COC(c3ccccc3)(c3ccccc3)c3ccc(OC)cc3)[C@H](O)[C@H]2N2CCCC2)(c2ccccc2)c2ccccc2)cc1. The van der Waals surface area contributed by atoms with Crippen molar-refractivity contribution in [2.45, 2.75) is 48.5 Å². The van der Waals surface area contributed by atoms with Gasteiger partial charge in [0.15, 0.2) is 23.2 Å². The van der Waals surface area contributed by atoms with Gasteiger partial charge in [-0.25, -0.2) is 15.0 Å². The van der Waals surface area contributed by atoms with E-state index in [1.54, 1.807) is 26.9 Å². The van der Waals surface area contributed by atoms with Gasteiger partial charge in [0.2, 0.25) is 0 Å². The van der Waals surface area contributed by atoms with Gasteiger partial charge in [0, 0.05) is 0 Å². The Morgan fingerprint density at radius 1 is 0.615 bits per heavy atom. The van der Waals surface area contributed by atoms with Crippen molar-refractivity contribution in [3.63, 3.8) is 0 Å². The van der Waals surface area contributed by atoms with E-state index in [1.807, 2.05) is 114 Å². The molecule has 0 amide bonds. The highest BCUT2D eigenvalue weighted by atomic mass is 16.6. The van der Waals surface area contributed by atoms with E-state index in [-0.39, 0.29) is 6.61 Å². The Kier molecular flexibility index (Phi) is 11.9. The number of rotatable bonds is 15. The standard InChI is InChI=1S/C54H52N6O5/c1-62-44-29-25-40(26-30-44)53(38-17-7-3-8-18-38,39-19-9-4-10-20-39)58-50-47-51(56-36-55-50)60(37-57-47)52-48(59-33-15-16-34-59)49(61)46(65-52)35-64-54(41-21-11-5-12-22-41,42-23-13-6-14-24-42)43-27-31-45(63-2)32-28-43/h3-14,17-32,36-37,46,48-49,52,61H,15-16,33-35H2,1-2H3,(H,55,56,58)/t46-,48-,49+,52-/m1/s1. The second kappa shape index (κ2) is 18.3. The number of benzene rings is 6. The molecule has 2 saturated heterocycles. The van der Waals surface area contributed by atoms with Crippen LogP contribution in [0.25, 0.3) is 11.2 Å². The fourth-order valence-electron chi connectivity index (χ4n) is 9.90. The van der Waals surface area contributed by atoms with Gasteiger partial charge >= 0.3 is 0 Å². The van der Waals surface area contributed by atoms with Crippen LogP contribution in [0.15, 0.2) is 183 Å². The van der Waals surface area contributed by atoms with Crippen molar-refractivity contribution in [3.8, 4) is 11.5 Å². The van der Waals surface area contributed by atoms with Crippen molar-refractivity contribution >= 4 is 17.0 Å². The average Bonchev–Trinajstić information content (AvgIpc) is 4.15. The summed E-state index contributed by atoms with van der Waals surface area (Å²) in [6.45, 7) is 1.77. The highest BCUT2D eigenvalue weighted by molar-refractivity contribution is 5.84. The first-order valence-corrected chi connectivity index (χ1v) is 22.2. The first-order chi connectivity index (χ1) is 32.0. The summed E-state index contributed by atoms with van der Waals surface area (Å²) >= 11 is 0. The maximum absolute atomic E-state index is 12.5. The van der Waals surface area contributed by atoms with Crippen molar-refractivity contribution in [1.29, 1.82) is 0 Å². The molecule has 0 spiro atoms. The number of aromatic nitrogens is 4. The van der Waals surface area contributed by atoms with Gasteiger partial charge in [-0.1, -0.05) is 146 Å². The van der Waals surface area contributed by atoms with Gasteiger partial charge in [-0.15, -0.1) is 0 Å². The van der Waals surface area contributed by atoms with Crippen LogP contribution in [0.3, 0.4) is 0 Å². The first-order valence-electron chi connectivity index (χ1n) is 22.2. The zero-order valence-corrected chi connectivity index (χ0v) is 36.5. The summed E-state index contributed by atoms with van der Waals surface area (Å²) in [7, 11) is 3.34. The predicted octanol–water partition coefficient (Wildman–Crippen LogP) is 8.98. The molecule has 0 unspecified atom stereocenters. The molecule has 6 aromatic carbocycles. The van der Waals surface area contributed by atoms with Crippen LogP contribution in [0, 0.1) is 0 Å². The van der Waals surface area contributed by atoms with Crippen LogP contribution in [-0.2, 0) is 20.6 Å². The molecule has 65 heavy (non-hydrogen) atoms. The Balaban J connectivity index is 1.04. The van der Waals surface area contributed by atoms with Crippen LogP contribution >= 0.6 is 0 Å². The molecule has 2 aliphatic rings. The topological polar surface area (TPSA) is 116 Å². The predicted molar refractivity (Wildman–Crippen MR) is 251 cm³/mol. The number of fused-ring (bicyclic) bond motifs is 1. The lowest BCUT2D eigenvalue weighted by atomic mass is 9.77. The minimum absolute atomic E-state index is 0.0881. The highest BCUT2D eigenvalue weighted by Gasteiger charge is 2.50. The lowest BCUT2D eigenvalue weighted by Gasteiger charge is -2.37. The first kappa shape index (κ1) is 42.1. The van der Waals surface area contributed by atoms with E-state index in [0.717, 1.165) is 70.8 Å². The molecule has 4 heterocycles. The summed E-state index contributed by atoms with van der Waals surface area (Å²) in [5, 5.41) is 16.4. The van der Waals surface area contributed by atoms with Crippen LogP contribution in [0.1, 0.15) is 52.5 Å². The maximum atomic E-state index is 12.5. The zero-order chi connectivity index (χ0) is 44.2. The second-order valence-electron chi connectivity index (χ2n) is 16.6. The smallest absolute Gasteiger partial charge is 0.167 e. The van der Waals surface area contributed by atoms with Gasteiger partial charge in [-0.3, -0.25) is 9.47 Å². The van der Waals surface area contributed by atoms with E-state index in [0.29, 0.717) is 17.0 Å². The van der Waals surface area contributed by atoms with E-state index in [4.69, 9.17) is 33.9 Å². The number of hydrogen-bond donors (Lipinski definition) is 2. The van der Waals surface area contributed by atoms with Gasteiger partial charge in [0.1, 0.15) is 41.2 Å². The van der Waals surface area contributed by atoms with E-state index >= 15 is 0 Å². The van der Waals surface area contributed by atoms with E-state index < -0.39 is 35.6 Å². The normalized spacial score (nSPS) is 19.1. The van der Waals surface area contributed by atoms with Crippen molar-refractivity contribution in [3.05, 3.63) is 216 Å². The molecular weight excluding hydrogens is 813 g/mol. The van der Waals surface area contributed by atoms with E-state index in [1.165, 1.54) is 0 Å². The van der Waals surface area contributed by atoms with Gasteiger partial charge in [-0.05, 0) is 83.6 Å². The molecule has 0 aliphatic carbocycles. The third-order valence-electron chi connectivity index (χ3n) is 13.1. The van der Waals surface area contributed by atoms with Crippen molar-refractivity contribution in [2.24, 2.45) is 0 Å². The molecular formula is C54H52N6O5. The number of likely N-dealkylation sites (tertiary alicyclic amines) is 1. The number of hydrogen-bond acceptors (Lipinski definition) is 10. The maximum Gasteiger partial charge on any atom is 0.167 e. The number of anilines is 1. The summed E-state index contributed by atoms with van der Waals surface area (Å²) in [4.78, 5) is 17.1. The number of ether oxygens (including phenoxy) is 4. The minimum Gasteiger partial charge on any atom is -0.497 e. The molecule has 11 heteroatoms. The number of nitrogens with one attached hydrogen (secondary N) is 1. The average molecular weight is 865 g/mol. The minimum atomic E-state index is -1.04. The number of imidazole rings is 1. The number of nitrogens with zero attached hydrogens (tertiary/aromatic N) is 5. The molecule has 10 rings (SSSR count). The summed E-state index contributed by atoms with van der Waals surface area (Å²) < 4.78 is 27.4. The van der Waals surface area contributed by atoms with Gasteiger partial charge < -0.3 is 29.4 Å². The van der Waals surface area contributed by atoms with Crippen LogP contribution in [-0.4, -0.2) is 81.7 Å². The summed E-state index contributed by atoms with van der Waals surface area (Å²) in [6, 6.07) is 56.9. The molecule has 2 aliphatic heterocycles. The van der Waals surface area contributed by atoms with Crippen LogP contribution in [0.4, 0.5) is 5.82 Å². The van der Waals surface area contributed by atoms with Crippen LogP contribution in [0.2, 0.25) is 0 Å². The van der Waals surface area contributed by atoms with Crippen molar-refractivity contribution in [2.75, 3.05) is 39.2 Å². The summed E-state index contributed by atoms with van der Waals surface area (Å²) in [5.41, 5.74) is 5.05. The fourth-order valence-corrected chi connectivity index (χ4v) is 9.90. The fraction of sp³-hybridized carbons (Fsp3) is 0.241. The largest absolute Gasteiger partial charge is 0.497 e. The van der Waals surface area contributed by atoms with Crippen molar-refractivity contribution < 1.29 is 24.1 Å². The molecule has 0 radical (unpaired) electrons. The third kappa shape index (κ3) is 7.70. The van der Waals surface area contributed by atoms with Gasteiger partial charge in [0.25, 0.3) is 0 Å². The number of methoxy groups -OCH3 is 2. The third-order valence-corrected chi connectivity index (χ3v) is 13.1. The Morgan fingerprint density at radius 2 is 1.09 bits per heavy atom. The lowest BCUT2D eigenvalue weighted by molar-refractivity contribution is -0.0936. The Morgan fingerprint density at radius 3 is 1.62 bits per heavy atom. The van der Waals surface area contributed by atoms with Crippen LogP contribution < -0.4 is 14.8 Å². The molecule has 4 atom stereocenters. The molecule has 8 aromatic rings. The van der Waals surface area contributed by atoms with E-state index in [9.17, 15) is 5.11 Å². The van der Waals surface area contributed by atoms with E-state index in [2.05, 4.69) is 70.9 Å². The van der Waals surface area contributed by atoms with Gasteiger partial charge in [0.05, 0.1) is 33.2 Å². The monoisotopic (exact) mass is 864 g/mol. The summed E-state index contributed by atoms with van der Waals surface area (Å²) in [6.07, 6.45) is 3.17. The van der Waals surface area contributed by atoms with Gasteiger partial charge in [-0.2, -0.15) is 0 Å². The molecule has 11 nitrogen and oxygen atoms in total. The number of aliphatic hydroxyl groups excluding tert-OH is 1. The molecule has 0 saturated carbocycles. The summed E-state index contributed by atoms with van der Waals surface area (Å²) in [5.74, 6) is 2.05. The molecule has 2 aromatic heterocycles. The Hall–Kier alpha value is -6.89. The quantitative estimate of drug-likeness (QED) is 0.0969. The highest BCUT2D eigenvalue weighted by Crippen LogP contribution is 2.45. The number of aliphatic hydroxyl groups is 1. The molecule has 0 bridgehead atoms. The lowest BCUT2D eigenvalue weighted by Crippen LogP contribution is -2.46. The second-order valence-corrected chi connectivity index (χ2v) is 16.6. The zero-order valence-electron chi connectivity index (χ0n) is 36.5. The molecule has 328 valence electrons. The van der Waals surface area contributed by atoms with Crippen LogP contribution in [0.5, 0.6) is 11.5 Å². The Labute approximate surface area is 379 Å².